The van der Waals surface area contributed by atoms with Gasteiger partial charge >= 0.3 is 0 Å². The van der Waals surface area contributed by atoms with Crippen molar-refractivity contribution >= 4 is 0 Å². The Kier molecular flexibility index (Phi) is 3.08. The first-order chi connectivity index (χ1) is 5.34. The molecular weight excluding hydrogens is 138 g/mol. The van der Waals surface area contributed by atoms with Crippen LogP contribution < -0.4 is 5.32 Å². The average molecular weight is 151 g/mol. The smallest absolute Gasteiger partial charge is 0.131 e. The molecule has 0 fully saturated rings. The Morgan fingerprint density at radius 1 is 1.36 bits per heavy atom. The van der Waals surface area contributed by atoms with E-state index in [2.05, 4.69) is 5.32 Å². The summed E-state index contributed by atoms with van der Waals surface area (Å²) in [6, 6.07) is 9.55. The van der Waals surface area contributed by atoms with Gasteiger partial charge in [-0.05, 0) is 12.1 Å². The molecule has 0 aliphatic heterocycles. The summed E-state index contributed by atoms with van der Waals surface area (Å²) in [7, 11) is 0. The molecule has 0 aromatic heterocycles. The Morgan fingerprint density at radius 2 is 2.00 bits per heavy atom. The highest BCUT2D eigenvalue weighted by atomic mass is 16.3. The van der Waals surface area contributed by atoms with Crippen molar-refractivity contribution < 1.29 is 5.11 Å². The third kappa shape index (κ3) is 2.33. The van der Waals surface area contributed by atoms with Crippen molar-refractivity contribution in [2.24, 2.45) is 0 Å². The van der Waals surface area contributed by atoms with Gasteiger partial charge in [-0.2, -0.15) is 0 Å². The Labute approximate surface area is 66.9 Å². The summed E-state index contributed by atoms with van der Waals surface area (Å²) in [5, 5.41) is 12.3. The van der Waals surface area contributed by atoms with Crippen LogP contribution in [0.15, 0.2) is 30.3 Å². The Hall–Kier alpha value is -0.860. The molecule has 1 aromatic carbocycles. The second-order valence-corrected chi connectivity index (χ2v) is 2.37. The highest BCUT2D eigenvalue weighted by molar-refractivity contribution is 5.16. The van der Waals surface area contributed by atoms with Gasteiger partial charge in [-0.3, -0.25) is 5.32 Å². The molecule has 1 aromatic rings. The molecule has 0 bridgehead atoms. The molecule has 0 saturated carbocycles. The van der Waals surface area contributed by atoms with Crippen LogP contribution >= 0.6 is 0 Å². The molecule has 11 heavy (non-hydrogen) atoms. The van der Waals surface area contributed by atoms with E-state index in [9.17, 15) is 5.11 Å². The van der Waals surface area contributed by atoms with Crippen molar-refractivity contribution in [2.75, 3.05) is 6.54 Å². The topological polar surface area (TPSA) is 32.3 Å². The SMILES string of the molecule is CCNC(O)c1ccccc1. The maximum atomic E-state index is 9.41. The maximum absolute atomic E-state index is 9.41. The quantitative estimate of drug-likeness (QED) is 0.638. The lowest BCUT2D eigenvalue weighted by atomic mass is 10.2. The molecule has 1 atom stereocenters. The summed E-state index contributed by atoms with van der Waals surface area (Å²) in [6.45, 7) is 2.74. The van der Waals surface area contributed by atoms with E-state index in [1.54, 1.807) is 0 Å². The van der Waals surface area contributed by atoms with Crippen LogP contribution in [0.2, 0.25) is 0 Å². The number of hydrogen-bond donors (Lipinski definition) is 2. The molecule has 1 unspecified atom stereocenters. The van der Waals surface area contributed by atoms with E-state index in [0.717, 1.165) is 12.1 Å². The molecule has 0 radical (unpaired) electrons. The molecule has 2 nitrogen and oxygen atoms in total. The standard InChI is InChI=1S/C9H13NO/c1-2-10-9(11)8-6-4-3-5-7-8/h3-7,9-11H,2H2,1H3. The zero-order valence-electron chi connectivity index (χ0n) is 6.62. The van der Waals surface area contributed by atoms with Gasteiger partial charge in [-0.1, -0.05) is 37.3 Å². The highest BCUT2D eigenvalue weighted by Gasteiger charge is 2.01. The second kappa shape index (κ2) is 4.11. The van der Waals surface area contributed by atoms with Gasteiger partial charge in [0.15, 0.2) is 0 Å². The molecule has 0 saturated heterocycles. The minimum atomic E-state index is -0.527. The van der Waals surface area contributed by atoms with E-state index in [1.165, 1.54) is 0 Å². The predicted octanol–water partition coefficient (Wildman–Crippen LogP) is 1.29. The van der Waals surface area contributed by atoms with Gasteiger partial charge in [0.25, 0.3) is 0 Å². The Bertz CT molecular complexity index is 198. The lowest BCUT2D eigenvalue weighted by Gasteiger charge is -2.10. The van der Waals surface area contributed by atoms with Crippen molar-refractivity contribution in [1.29, 1.82) is 0 Å². The molecule has 0 aliphatic rings. The van der Waals surface area contributed by atoms with Gasteiger partial charge < -0.3 is 5.11 Å². The second-order valence-electron chi connectivity index (χ2n) is 2.37. The first-order valence-corrected chi connectivity index (χ1v) is 3.81. The fraction of sp³-hybridized carbons (Fsp3) is 0.333. The fourth-order valence-corrected chi connectivity index (χ4v) is 0.947. The van der Waals surface area contributed by atoms with E-state index < -0.39 is 6.23 Å². The van der Waals surface area contributed by atoms with Crippen LogP contribution in [0.1, 0.15) is 18.7 Å². The van der Waals surface area contributed by atoms with Crippen LogP contribution in [0.25, 0.3) is 0 Å². The molecule has 2 heteroatoms. The van der Waals surface area contributed by atoms with Crippen molar-refractivity contribution in [3.8, 4) is 0 Å². The molecule has 2 N–H and O–H groups in total. The Balaban J connectivity index is 2.61. The minimum Gasteiger partial charge on any atom is -0.374 e. The normalized spacial score (nSPS) is 12.9. The van der Waals surface area contributed by atoms with Gasteiger partial charge in [0.1, 0.15) is 6.23 Å². The van der Waals surface area contributed by atoms with Crippen LogP contribution in [0.5, 0.6) is 0 Å². The van der Waals surface area contributed by atoms with Gasteiger partial charge in [0.05, 0.1) is 0 Å². The first kappa shape index (κ1) is 8.24. The molecule has 0 spiro atoms. The first-order valence-electron chi connectivity index (χ1n) is 3.81. The summed E-state index contributed by atoms with van der Waals surface area (Å²) >= 11 is 0. The summed E-state index contributed by atoms with van der Waals surface area (Å²) < 4.78 is 0. The van der Waals surface area contributed by atoms with E-state index in [-0.39, 0.29) is 0 Å². The van der Waals surface area contributed by atoms with Crippen molar-refractivity contribution in [2.45, 2.75) is 13.2 Å². The third-order valence-corrected chi connectivity index (χ3v) is 1.51. The molecular formula is C9H13NO. The summed E-state index contributed by atoms with van der Waals surface area (Å²) in [5.74, 6) is 0. The molecule has 0 heterocycles. The van der Waals surface area contributed by atoms with Gasteiger partial charge in [0.2, 0.25) is 0 Å². The number of aliphatic hydroxyl groups excluding tert-OH is 1. The molecule has 60 valence electrons. The lowest BCUT2D eigenvalue weighted by Crippen LogP contribution is -2.19. The van der Waals surface area contributed by atoms with E-state index >= 15 is 0 Å². The van der Waals surface area contributed by atoms with Crippen molar-refractivity contribution in [1.82, 2.24) is 5.32 Å². The lowest BCUT2D eigenvalue weighted by molar-refractivity contribution is 0.142. The van der Waals surface area contributed by atoms with Crippen LogP contribution in [-0.2, 0) is 0 Å². The summed E-state index contributed by atoms with van der Waals surface area (Å²) in [4.78, 5) is 0. The monoisotopic (exact) mass is 151 g/mol. The minimum absolute atomic E-state index is 0.527. The average Bonchev–Trinajstić information content (AvgIpc) is 2.07. The van der Waals surface area contributed by atoms with Crippen LogP contribution in [0.3, 0.4) is 0 Å². The zero-order chi connectivity index (χ0) is 8.10. The largest absolute Gasteiger partial charge is 0.374 e. The Morgan fingerprint density at radius 3 is 2.55 bits per heavy atom. The van der Waals surface area contributed by atoms with Crippen LogP contribution in [-0.4, -0.2) is 11.7 Å². The highest BCUT2D eigenvalue weighted by Crippen LogP contribution is 2.07. The van der Waals surface area contributed by atoms with Gasteiger partial charge in [-0.15, -0.1) is 0 Å². The molecule has 1 rings (SSSR count). The van der Waals surface area contributed by atoms with Crippen molar-refractivity contribution in [3.63, 3.8) is 0 Å². The van der Waals surface area contributed by atoms with E-state index in [0.29, 0.717) is 0 Å². The molecule has 0 amide bonds. The fourth-order valence-electron chi connectivity index (χ4n) is 0.947. The zero-order valence-corrected chi connectivity index (χ0v) is 6.62. The third-order valence-electron chi connectivity index (χ3n) is 1.51. The summed E-state index contributed by atoms with van der Waals surface area (Å²) in [5.41, 5.74) is 0.911. The molecule has 0 aliphatic carbocycles. The maximum Gasteiger partial charge on any atom is 0.131 e. The van der Waals surface area contributed by atoms with Crippen molar-refractivity contribution in [3.05, 3.63) is 35.9 Å². The van der Waals surface area contributed by atoms with E-state index in [1.807, 2.05) is 37.3 Å². The van der Waals surface area contributed by atoms with Gasteiger partial charge in [-0.25, -0.2) is 0 Å². The van der Waals surface area contributed by atoms with Crippen LogP contribution in [0.4, 0.5) is 0 Å². The van der Waals surface area contributed by atoms with Gasteiger partial charge in [0, 0.05) is 0 Å². The summed E-state index contributed by atoms with van der Waals surface area (Å²) in [6.07, 6.45) is -0.527. The number of nitrogens with one attached hydrogen (secondary N) is 1. The number of benzene rings is 1. The number of rotatable bonds is 3. The van der Waals surface area contributed by atoms with E-state index in [4.69, 9.17) is 0 Å². The van der Waals surface area contributed by atoms with Crippen LogP contribution in [0, 0.1) is 0 Å². The predicted molar refractivity (Wildman–Crippen MR) is 45.1 cm³/mol. The number of aliphatic hydroxyl groups is 1. The number of hydrogen-bond acceptors (Lipinski definition) is 2.